The van der Waals surface area contributed by atoms with E-state index in [9.17, 15) is 0 Å². The average Bonchev–Trinajstić information content (AvgIpc) is 2.20. The standard InChI is InChI=1S/C11H22N3/c1-12-7-9-14(10-8-12)11-5-3-4-6-13(11)2/h11H,2-10H2,1H3. The molecule has 0 bridgehead atoms. The third kappa shape index (κ3) is 2.27. The highest BCUT2D eigenvalue weighted by molar-refractivity contribution is 4.80. The summed E-state index contributed by atoms with van der Waals surface area (Å²) in [4.78, 5) is 7.30. The highest BCUT2D eigenvalue weighted by Crippen LogP contribution is 2.20. The zero-order valence-electron chi connectivity index (χ0n) is 9.28. The van der Waals surface area contributed by atoms with Gasteiger partial charge in [0, 0.05) is 33.2 Å². The number of piperidine rings is 1. The molecule has 0 N–H and O–H groups in total. The Morgan fingerprint density at radius 3 is 2.36 bits per heavy atom. The third-order valence-corrected chi connectivity index (χ3v) is 3.54. The lowest BCUT2D eigenvalue weighted by molar-refractivity contribution is 0.0140. The molecule has 2 aliphatic rings. The number of likely N-dealkylation sites (N-methyl/N-ethyl adjacent to an activating group) is 1. The molecule has 0 aromatic carbocycles. The van der Waals surface area contributed by atoms with Crippen molar-refractivity contribution in [1.82, 2.24) is 14.7 Å². The molecular formula is C11H22N3. The molecule has 0 amide bonds. The third-order valence-electron chi connectivity index (χ3n) is 3.54. The fourth-order valence-electron chi connectivity index (χ4n) is 2.51. The van der Waals surface area contributed by atoms with Crippen LogP contribution in [-0.2, 0) is 0 Å². The number of hydrogen-bond donors (Lipinski definition) is 0. The van der Waals surface area contributed by atoms with Crippen molar-refractivity contribution in [3.8, 4) is 0 Å². The Balaban J connectivity index is 1.87. The molecule has 1 atom stereocenters. The van der Waals surface area contributed by atoms with E-state index in [4.69, 9.17) is 0 Å². The van der Waals surface area contributed by atoms with Crippen molar-refractivity contribution < 1.29 is 0 Å². The van der Waals surface area contributed by atoms with Gasteiger partial charge in [-0.3, -0.25) is 9.80 Å². The molecule has 1 radical (unpaired) electrons. The van der Waals surface area contributed by atoms with E-state index in [0.717, 1.165) is 0 Å². The van der Waals surface area contributed by atoms with E-state index in [-0.39, 0.29) is 0 Å². The van der Waals surface area contributed by atoms with Crippen molar-refractivity contribution in [2.24, 2.45) is 0 Å². The molecule has 0 aliphatic carbocycles. The first kappa shape index (κ1) is 10.4. The lowest BCUT2D eigenvalue weighted by Gasteiger charge is -2.44. The largest absolute Gasteiger partial charge is 0.304 e. The van der Waals surface area contributed by atoms with Crippen LogP contribution in [-0.4, -0.2) is 60.6 Å². The summed E-state index contributed by atoms with van der Waals surface area (Å²) in [5.74, 6) is 0. The maximum Gasteiger partial charge on any atom is 0.0623 e. The second-order valence-corrected chi connectivity index (χ2v) is 4.63. The molecule has 2 heterocycles. The van der Waals surface area contributed by atoms with Gasteiger partial charge in [0.2, 0.25) is 0 Å². The second kappa shape index (κ2) is 4.60. The van der Waals surface area contributed by atoms with Crippen molar-refractivity contribution in [2.75, 3.05) is 39.8 Å². The van der Waals surface area contributed by atoms with Crippen LogP contribution in [0.3, 0.4) is 0 Å². The molecule has 2 fully saturated rings. The van der Waals surface area contributed by atoms with E-state index in [1.54, 1.807) is 0 Å². The summed E-state index contributed by atoms with van der Waals surface area (Å²) in [5, 5.41) is 0. The Bertz CT molecular complexity index is 175. The smallest absolute Gasteiger partial charge is 0.0623 e. The van der Waals surface area contributed by atoms with Gasteiger partial charge in [0.1, 0.15) is 0 Å². The predicted molar refractivity (Wildman–Crippen MR) is 58.8 cm³/mol. The van der Waals surface area contributed by atoms with Gasteiger partial charge in [0.25, 0.3) is 0 Å². The molecule has 14 heavy (non-hydrogen) atoms. The number of piperazine rings is 1. The maximum atomic E-state index is 4.15. The van der Waals surface area contributed by atoms with Crippen molar-refractivity contribution in [3.05, 3.63) is 7.05 Å². The molecular weight excluding hydrogens is 174 g/mol. The topological polar surface area (TPSA) is 9.72 Å². The average molecular weight is 196 g/mol. The zero-order chi connectivity index (χ0) is 9.97. The minimum absolute atomic E-state index is 0.623. The number of hydrogen-bond acceptors (Lipinski definition) is 3. The summed E-state index contributed by atoms with van der Waals surface area (Å²) in [6, 6.07) is 0. The van der Waals surface area contributed by atoms with E-state index in [1.807, 2.05) is 0 Å². The van der Waals surface area contributed by atoms with E-state index in [2.05, 4.69) is 28.8 Å². The van der Waals surface area contributed by atoms with Gasteiger partial charge in [-0.2, -0.15) is 0 Å². The molecule has 3 heteroatoms. The first-order valence-corrected chi connectivity index (χ1v) is 5.77. The quantitative estimate of drug-likeness (QED) is 0.615. The molecule has 0 aromatic rings. The van der Waals surface area contributed by atoms with Gasteiger partial charge in [-0.05, 0) is 32.9 Å². The van der Waals surface area contributed by atoms with Crippen molar-refractivity contribution in [1.29, 1.82) is 0 Å². The van der Waals surface area contributed by atoms with E-state index in [1.165, 1.54) is 52.0 Å². The molecule has 0 saturated carbocycles. The first-order chi connectivity index (χ1) is 6.77. The van der Waals surface area contributed by atoms with E-state index in [0.29, 0.717) is 6.17 Å². The summed E-state index contributed by atoms with van der Waals surface area (Å²) in [5.41, 5.74) is 0. The second-order valence-electron chi connectivity index (χ2n) is 4.63. The zero-order valence-corrected chi connectivity index (χ0v) is 9.28. The molecule has 2 rings (SSSR count). The SMILES string of the molecule is [CH2]N1CCCCC1N1CCN(C)CC1. The normalized spacial score (nSPS) is 33.4. The van der Waals surface area contributed by atoms with Gasteiger partial charge in [0.15, 0.2) is 0 Å². The van der Waals surface area contributed by atoms with Crippen LogP contribution in [0.15, 0.2) is 0 Å². The lowest BCUT2D eigenvalue weighted by atomic mass is 10.1. The maximum absolute atomic E-state index is 4.15. The van der Waals surface area contributed by atoms with Crippen molar-refractivity contribution in [3.63, 3.8) is 0 Å². The summed E-state index contributed by atoms with van der Waals surface area (Å²) < 4.78 is 0. The van der Waals surface area contributed by atoms with Crippen LogP contribution < -0.4 is 0 Å². The Kier molecular flexibility index (Phi) is 3.42. The van der Waals surface area contributed by atoms with Crippen LogP contribution in [0, 0.1) is 7.05 Å². The van der Waals surface area contributed by atoms with E-state index < -0.39 is 0 Å². The molecule has 2 saturated heterocycles. The first-order valence-electron chi connectivity index (χ1n) is 5.77. The fraction of sp³-hybridized carbons (Fsp3) is 0.909. The summed E-state index contributed by atoms with van der Waals surface area (Å²) in [6.45, 7) is 6.03. The Morgan fingerprint density at radius 1 is 1.00 bits per heavy atom. The van der Waals surface area contributed by atoms with Gasteiger partial charge in [-0.15, -0.1) is 0 Å². The Morgan fingerprint density at radius 2 is 1.71 bits per heavy atom. The van der Waals surface area contributed by atoms with Crippen LogP contribution >= 0.6 is 0 Å². The van der Waals surface area contributed by atoms with Gasteiger partial charge < -0.3 is 4.90 Å². The highest BCUT2D eigenvalue weighted by atomic mass is 15.4. The van der Waals surface area contributed by atoms with Crippen LogP contribution in [0.25, 0.3) is 0 Å². The molecule has 1 unspecified atom stereocenters. The fourth-order valence-corrected chi connectivity index (χ4v) is 2.51. The highest BCUT2D eigenvalue weighted by Gasteiger charge is 2.27. The predicted octanol–water partition coefficient (Wildman–Crippen LogP) is 0.837. The van der Waals surface area contributed by atoms with Gasteiger partial charge >= 0.3 is 0 Å². The molecule has 2 aliphatic heterocycles. The molecule has 81 valence electrons. The molecule has 3 nitrogen and oxygen atoms in total. The minimum atomic E-state index is 0.623. The Labute approximate surface area is 87.7 Å². The monoisotopic (exact) mass is 196 g/mol. The van der Waals surface area contributed by atoms with Crippen LogP contribution in [0.1, 0.15) is 19.3 Å². The molecule has 0 aromatic heterocycles. The van der Waals surface area contributed by atoms with Crippen LogP contribution in [0.4, 0.5) is 0 Å². The van der Waals surface area contributed by atoms with Gasteiger partial charge in [-0.1, -0.05) is 0 Å². The molecule has 0 spiro atoms. The Hall–Kier alpha value is -0.120. The number of rotatable bonds is 1. The van der Waals surface area contributed by atoms with Crippen LogP contribution in [0.5, 0.6) is 0 Å². The van der Waals surface area contributed by atoms with Gasteiger partial charge in [0.05, 0.1) is 6.17 Å². The summed E-state index contributed by atoms with van der Waals surface area (Å²) in [7, 11) is 6.36. The van der Waals surface area contributed by atoms with Crippen LogP contribution in [0.2, 0.25) is 0 Å². The lowest BCUT2D eigenvalue weighted by Crippen LogP contribution is -2.55. The summed E-state index contributed by atoms with van der Waals surface area (Å²) in [6.07, 6.45) is 4.64. The number of likely N-dealkylation sites (tertiary alicyclic amines) is 1. The van der Waals surface area contributed by atoms with E-state index >= 15 is 0 Å². The number of nitrogens with zero attached hydrogens (tertiary/aromatic N) is 3. The minimum Gasteiger partial charge on any atom is -0.304 e. The van der Waals surface area contributed by atoms with Crippen molar-refractivity contribution in [2.45, 2.75) is 25.4 Å². The summed E-state index contributed by atoms with van der Waals surface area (Å²) >= 11 is 0. The van der Waals surface area contributed by atoms with Crippen molar-refractivity contribution >= 4 is 0 Å². The van der Waals surface area contributed by atoms with Gasteiger partial charge in [-0.25, -0.2) is 0 Å².